The molecule has 1 aromatic rings. The van der Waals surface area contributed by atoms with E-state index in [2.05, 4.69) is 0 Å². The van der Waals surface area contributed by atoms with Crippen LogP contribution < -0.4 is 4.74 Å². The van der Waals surface area contributed by atoms with E-state index in [9.17, 15) is 14.7 Å². The van der Waals surface area contributed by atoms with Crippen molar-refractivity contribution in [3.8, 4) is 5.75 Å². The Morgan fingerprint density at radius 2 is 2.00 bits per heavy atom. The maximum Gasteiger partial charge on any atom is 0.376 e. The van der Waals surface area contributed by atoms with E-state index >= 15 is 0 Å². The van der Waals surface area contributed by atoms with Crippen LogP contribution in [0.3, 0.4) is 0 Å². The van der Waals surface area contributed by atoms with Crippen molar-refractivity contribution >= 4 is 17.5 Å². The fraction of sp³-hybridized carbons (Fsp3) is 0.0909. The summed E-state index contributed by atoms with van der Waals surface area (Å²) in [5.41, 5.74) is 0.314. The van der Waals surface area contributed by atoms with Gasteiger partial charge in [-0.25, -0.2) is 4.79 Å². The number of ketones is 1. The molecule has 0 saturated carbocycles. The monoisotopic (exact) mass is 222 g/mol. The predicted molar refractivity (Wildman–Crippen MR) is 56.2 cm³/mol. The summed E-state index contributed by atoms with van der Waals surface area (Å²) in [4.78, 5) is 21.1. The van der Waals surface area contributed by atoms with E-state index in [1.165, 1.54) is 19.2 Å². The van der Waals surface area contributed by atoms with E-state index in [0.717, 1.165) is 0 Å². The zero-order chi connectivity index (χ0) is 12.1. The van der Waals surface area contributed by atoms with E-state index < -0.39 is 17.5 Å². The minimum atomic E-state index is -1.62. The molecule has 0 atom stereocenters. The molecule has 0 spiro atoms. The summed E-state index contributed by atoms with van der Waals surface area (Å²) in [5.74, 6) is -2.71. The van der Waals surface area contributed by atoms with Gasteiger partial charge in [0.1, 0.15) is 11.5 Å². The number of benzene rings is 1. The summed E-state index contributed by atoms with van der Waals surface area (Å²) in [6.07, 6.45) is 0.650. The fourth-order valence-corrected chi connectivity index (χ4v) is 1.05. The summed E-state index contributed by atoms with van der Waals surface area (Å²) in [7, 11) is 1.46. The first-order chi connectivity index (χ1) is 7.54. The van der Waals surface area contributed by atoms with Gasteiger partial charge in [-0.1, -0.05) is 12.1 Å². The van der Waals surface area contributed by atoms with E-state index in [0.29, 0.717) is 17.4 Å². The predicted octanol–water partition coefficient (Wildman–Crippen LogP) is 1.25. The number of carbonyl (C=O) groups excluding carboxylic acids is 1. The van der Waals surface area contributed by atoms with Gasteiger partial charge in [0.15, 0.2) is 0 Å². The van der Waals surface area contributed by atoms with Gasteiger partial charge in [0.2, 0.25) is 0 Å². The van der Waals surface area contributed by atoms with Crippen LogP contribution in [0.5, 0.6) is 5.75 Å². The van der Waals surface area contributed by atoms with Crippen molar-refractivity contribution in [3.05, 3.63) is 35.9 Å². The average molecular weight is 222 g/mol. The van der Waals surface area contributed by atoms with Gasteiger partial charge in [0.05, 0.1) is 7.11 Å². The largest absolute Gasteiger partial charge is 0.507 e. The highest BCUT2D eigenvalue weighted by Gasteiger charge is 2.10. The van der Waals surface area contributed by atoms with Gasteiger partial charge < -0.3 is 14.9 Å². The normalized spacial score (nSPS) is 10.9. The third kappa shape index (κ3) is 2.84. The molecule has 0 amide bonds. The third-order valence-electron chi connectivity index (χ3n) is 1.84. The molecule has 0 aliphatic rings. The first-order valence-electron chi connectivity index (χ1n) is 4.37. The van der Waals surface area contributed by atoms with Crippen LogP contribution in [-0.2, 0) is 9.59 Å². The molecule has 0 aromatic heterocycles. The lowest BCUT2D eigenvalue weighted by atomic mass is 10.1. The summed E-state index contributed by atoms with van der Waals surface area (Å²) >= 11 is 0. The Kier molecular flexibility index (Phi) is 3.66. The number of hydrogen-bond donors (Lipinski definition) is 2. The Morgan fingerprint density at radius 1 is 1.31 bits per heavy atom. The van der Waals surface area contributed by atoms with E-state index in [1.54, 1.807) is 12.1 Å². The number of methoxy groups -OCH3 is 1. The molecule has 1 rings (SSSR count). The molecule has 0 fully saturated rings. The molecule has 0 radical (unpaired) electrons. The van der Waals surface area contributed by atoms with Crippen LogP contribution in [0.15, 0.2) is 30.3 Å². The highest BCUT2D eigenvalue weighted by atomic mass is 16.5. The standard InChI is InChI=1S/C11H10O5/c1-16-8-4-2-3-7(5-8)9(12)6-10(13)11(14)15/h2-6,12H,1H3,(H,14,15)/b9-6-. The minimum Gasteiger partial charge on any atom is -0.507 e. The van der Waals surface area contributed by atoms with Crippen molar-refractivity contribution in [2.75, 3.05) is 7.11 Å². The number of rotatable bonds is 4. The second-order valence-corrected chi connectivity index (χ2v) is 2.93. The van der Waals surface area contributed by atoms with Crippen LogP contribution >= 0.6 is 0 Å². The molecule has 5 nitrogen and oxygen atoms in total. The smallest absolute Gasteiger partial charge is 0.376 e. The second-order valence-electron chi connectivity index (χ2n) is 2.93. The van der Waals surface area contributed by atoms with Crippen LogP contribution in [0.4, 0.5) is 0 Å². The Bertz CT molecular complexity index is 447. The van der Waals surface area contributed by atoms with Crippen molar-refractivity contribution in [2.24, 2.45) is 0 Å². The number of carboxylic acid groups (broad SMARTS) is 1. The molecule has 5 heteroatoms. The summed E-state index contributed by atoms with van der Waals surface area (Å²) in [6.45, 7) is 0. The fourth-order valence-electron chi connectivity index (χ4n) is 1.05. The van der Waals surface area contributed by atoms with Gasteiger partial charge >= 0.3 is 5.97 Å². The molecule has 0 unspecified atom stereocenters. The van der Waals surface area contributed by atoms with E-state index in [4.69, 9.17) is 9.84 Å². The Labute approximate surface area is 91.6 Å². The number of carbonyl (C=O) groups is 2. The second kappa shape index (κ2) is 4.97. The average Bonchev–Trinajstić information content (AvgIpc) is 2.28. The van der Waals surface area contributed by atoms with Crippen LogP contribution in [0.1, 0.15) is 5.56 Å². The quantitative estimate of drug-likeness (QED) is 0.455. The lowest BCUT2D eigenvalue weighted by Crippen LogP contribution is -2.09. The maximum absolute atomic E-state index is 10.8. The molecule has 0 aliphatic carbocycles. The third-order valence-corrected chi connectivity index (χ3v) is 1.84. The summed E-state index contributed by atoms with van der Waals surface area (Å²) < 4.78 is 4.92. The zero-order valence-electron chi connectivity index (χ0n) is 8.51. The lowest BCUT2D eigenvalue weighted by Gasteiger charge is -2.02. The van der Waals surface area contributed by atoms with Crippen molar-refractivity contribution < 1.29 is 24.5 Å². The highest BCUT2D eigenvalue weighted by Crippen LogP contribution is 2.17. The van der Waals surface area contributed by atoms with Crippen LogP contribution in [-0.4, -0.2) is 29.1 Å². The topological polar surface area (TPSA) is 83.8 Å². The lowest BCUT2D eigenvalue weighted by molar-refractivity contribution is -0.146. The molecule has 84 valence electrons. The number of aliphatic hydroxyl groups excluding tert-OH is 1. The summed E-state index contributed by atoms with van der Waals surface area (Å²) in [6, 6.07) is 6.30. The van der Waals surface area contributed by atoms with Crippen molar-refractivity contribution in [3.63, 3.8) is 0 Å². The SMILES string of the molecule is COc1cccc(/C(O)=C/C(=O)C(=O)O)c1. The number of hydrogen-bond acceptors (Lipinski definition) is 4. The van der Waals surface area contributed by atoms with Crippen molar-refractivity contribution in [1.29, 1.82) is 0 Å². The minimum absolute atomic E-state index is 0.314. The highest BCUT2D eigenvalue weighted by molar-refractivity contribution is 6.38. The molecule has 0 heterocycles. The van der Waals surface area contributed by atoms with Gasteiger partial charge in [-0.2, -0.15) is 0 Å². The van der Waals surface area contributed by atoms with Gasteiger partial charge in [-0.3, -0.25) is 4.79 Å². The molecule has 0 saturated heterocycles. The van der Waals surface area contributed by atoms with E-state index in [1.807, 2.05) is 0 Å². The van der Waals surface area contributed by atoms with Crippen LogP contribution in [0, 0.1) is 0 Å². The Hall–Kier alpha value is -2.30. The van der Waals surface area contributed by atoms with Gasteiger partial charge in [0.25, 0.3) is 5.78 Å². The number of carboxylic acids is 1. The number of aliphatic carboxylic acids is 1. The van der Waals surface area contributed by atoms with Crippen LogP contribution in [0.2, 0.25) is 0 Å². The first kappa shape index (κ1) is 11.8. The van der Waals surface area contributed by atoms with E-state index in [-0.39, 0.29) is 0 Å². The van der Waals surface area contributed by atoms with Gasteiger partial charge in [-0.05, 0) is 12.1 Å². The van der Waals surface area contributed by atoms with Crippen molar-refractivity contribution in [1.82, 2.24) is 0 Å². The molecule has 0 aliphatic heterocycles. The first-order valence-corrected chi connectivity index (χ1v) is 4.37. The Morgan fingerprint density at radius 3 is 2.56 bits per heavy atom. The molecular formula is C11H10O5. The van der Waals surface area contributed by atoms with Crippen molar-refractivity contribution in [2.45, 2.75) is 0 Å². The molecule has 0 bridgehead atoms. The molecule has 2 N–H and O–H groups in total. The molecule has 16 heavy (non-hydrogen) atoms. The number of ether oxygens (including phenoxy) is 1. The number of aliphatic hydroxyl groups is 1. The Balaban J connectivity index is 2.99. The van der Waals surface area contributed by atoms with Crippen LogP contribution in [0.25, 0.3) is 5.76 Å². The van der Waals surface area contributed by atoms with Gasteiger partial charge in [0, 0.05) is 11.6 Å². The molecule has 1 aromatic carbocycles. The van der Waals surface area contributed by atoms with Gasteiger partial charge in [-0.15, -0.1) is 0 Å². The maximum atomic E-state index is 10.8. The zero-order valence-corrected chi connectivity index (χ0v) is 8.51. The molecular weight excluding hydrogens is 212 g/mol. The summed E-state index contributed by atoms with van der Waals surface area (Å²) in [5, 5.41) is 17.8.